The van der Waals surface area contributed by atoms with E-state index in [2.05, 4.69) is 167 Å². The van der Waals surface area contributed by atoms with E-state index in [1.807, 2.05) is 35.3 Å². The third kappa shape index (κ3) is 9.21. The average Bonchev–Trinajstić information content (AvgIpc) is 3.24. The molecule has 9 heteroatoms. The minimum absolute atomic E-state index is 0.641. The Kier molecular flexibility index (Phi) is 13.8. The summed E-state index contributed by atoms with van der Waals surface area (Å²) in [4.78, 5) is 15.0. The Morgan fingerprint density at radius 2 is 0.655 bits per heavy atom. The maximum Gasteiger partial charge on any atom is 0.0701 e. The van der Waals surface area contributed by atoms with Crippen LogP contribution in [0.1, 0.15) is 6.92 Å². The van der Waals surface area contributed by atoms with Gasteiger partial charge in [-0.15, -0.1) is 0 Å². The SMILES string of the molecule is CCN1c2ccccc2Sc2ccccc21.COCCN1c2ccccc2Sc2ccccc21.COCCOCCN1c2ccccc2Sc2ccccc21. The highest BCUT2D eigenvalue weighted by atomic mass is 32.2. The van der Waals surface area contributed by atoms with Gasteiger partial charge in [-0.1, -0.05) is 108 Å². The summed E-state index contributed by atoms with van der Waals surface area (Å²) in [6, 6.07) is 51.3. The van der Waals surface area contributed by atoms with Gasteiger partial charge in [-0.05, 0) is 79.7 Å². The summed E-state index contributed by atoms with van der Waals surface area (Å²) in [7, 11) is 3.44. The fourth-order valence-corrected chi connectivity index (χ4v) is 10.0. The van der Waals surface area contributed by atoms with E-state index < -0.39 is 0 Å². The smallest absolute Gasteiger partial charge is 0.0701 e. The maximum absolute atomic E-state index is 5.63. The van der Waals surface area contributed by atoms with Crippen LogP contribution in [0.25, 0.3) is 0 Å². The lowest BCUT2D eigenvalue weighted by Crippen LogP contribution is -2.25. The van der Waals surface area contributed by atoms with Crippen LogP contribution in [0, 0.1) is 0 Å². The quantitative estimate of drug-likeness (QED) is 0.126. The highest BCUT2D eigenvalue weighted by molar-refractivity contribution is 8.00. The number of anilines is 6. The number of methoxy groups -OCH3 is 2. The molecule has 0 N–H and O–H groups in total. The summed E-state index contributed by atoms with van der Waals surface area (Å²) in [5, 5.41) is 0. The number of hydrogen-bond acceptors (Lipinski definition) is 9. The zero-order valence-electron chi connectivity index (χ0n) is 31.6. The van der Waals surface area contributed by atoms with Crippen LogP contribution in [0.4, 0.5) is 34.1 Å². The predicted octanol–water partition coefficient (Wildman–Crippen LogP) is 12.2. The van der Waals surface area contributed by atoms with Gasteiger partial charge in [-0.25, -0.2) is 0 Å². The number of rotatable bonds is 10. The Morgan fingerprint density at radius 3 is 0.964 bits per heavy atom. The Bertz CT molecular complexity index is 2030. The van der Waals surface area contributed by atoms with Crippen molar-refractivity contribution in [1.82, 2.24) is 0 Å². The molecule has 0 saturated carbocycles. The fraction of sp³-hybridized carbons (Fsp3) is 0.217. The molecule has 0 spiro atoms. The topological polar surface area (TPSA) is 37.4 Å². The molecular formula is C46H47N3O3S3. The fourth-order valence-electron chi connectivity index (χ4n) is 6.75. The van der Waals surface area contributed by atoms with Gasteiger partial charge >= 0.3 is 0 Å². The number of benzene rings is 6. The molecule has 6 aromatic carbocycles. The van der Waals surface area contributed by atoms with E-state index in [-0.39, 0.29) is 0 Å². The van der Waals surface area contributed by atoms with Gasteiger partial charge < -0.3 is 28.9 Å². The van der Waals surface area contributed by atoms with Gasteiger partial charge in [0.15, 0.2) is 0 Å². The first-order valence-corrected chi connectivity index (χ1v) is 21.1. The second-order valence-corrected chi connectivity index (χ2v) is 16.0. The minimum atomic E-state index is 0.641. The third-order valence-electron chi connectivity index (χ3n) is 9.32. The largest absolute Gasteiger partial charge is 0.383 e. The first-order valence-electron chi connectivity index (χ1n) is 18.7. The van der Waals surface area contributed by atoms with E-state index >= 15 is 0 Å². The predicted molar refractivity (Wildman–Crippen MR) is 232 cm³/mol. The van der Waals surface area contributed by atoms with E-state index in [0.717, 1.165) is 26.2 Å². The normalized spacial score (nSPS) is 13.0. The van der Waals surface area contributed by atoms with Gasteiger partial charge in [0.25, 0.3) is 0 Å². The Labute approximate surface area is 338 Å². The molecule has 3 aliphatic rings. The highest BCUT2D eigenvalue weighted by Gasteiger charge is 2.24. The van der Waals surface area contributed by atoms with E-state index in [9.17, 15) is 0 Å². The lowest BCUT2D eigenvalue weighted by molar-refractivity contribution is 0.0746. The molecule has 0 radical (unpaired) electrons. The molecule has 6 nitrogen and oxygen atoms in total. The molecule has 3 aliphatic heterocycles. The summed E-state index contributed by atoms with van der Waals surface area (Å²) >= 11 is 5.53. The lowest BCUT2D eigenvalue weighted by Gasteiger charge is -2.32. The molecule has 0 aliphatic carbocycles. The first-order chi connectivity index (χ1) is 27.2. The molecule has 0 atom stereocenters. The van der Waals surface area contributed by atoms with Crippen LogP contribution in [0.2, 0.25) is 0 Å². The van der Waals surface area contributed by atoms with Gasteiger partial charge in [0.05, 0.1) is 60.6 Å². The van der Waals surface area contributed by atoms with Crippen molar-refractivity contribution in [3.8, 4) is 0 Å². The van der Waals surface area contributed by atoms with Crippen LogP contribution < -0.4 is 14.7 Å². The molecule has 0 fully saturated rings. The molecule has 9 rings (SSSR count). The number of ether oxygens (including phenoxy) is 3. The van der Waals surface area contributed by atoms with Crippen molar-refractivity contribution in [3.05, 3.63) is 146 Å². The number of para-hydroxylation sites is 6. The molecule has 0 unspecified atom stereocenters. The van der Waals surface area contributed by atoms with Gasteiger partial charge in [-0.2, -0.15) is 0 Å². The van der Waals surface area contributed by atoms with Gasteiger partial charge in [0.1, 0.15) is 0 Å². The van der Waals surface area contributed by atoms with Gasteiger partial charge in [-0.3, -0.25) is 0 Å². The molecule has 3 heterocycles. The van der Waals surface area contributed by atoms with Crippen molar-refractivity contribution in [2.75, 3.05) is 75.0 Å². The zero-order chi connectivity index (χ0) is 37.8. The summed E-state index contributed by atoms with van der Waals surface area (Å²) in [6.45, 7) is 7.64. The van der Waals surface area contributed by atoms with Crippen molar-refractivity contribution in [2.24, 2.45) is 0 Å². The van der Waals surface area contributed by atoms with Crippen LogP contribution in [0.3, 0.4) is 0 Å². The standard InChI is InChI=1S/C17H19NO2S.C15H15NOS.C14H13NS/c1-19-12-13-20-11-10-18-14-6-2-4-8-16(14)21-17-9-5-3-7-15(17)18;1-17-11-10-16-12-6-2-4-8-14(12)18-15-9-5-3-7-13(15)16;1-2-15-11-7-3-5-9-13(11)16-14-10-6-4-8-12(14)15/h2-9H,10-13H2,1H3;2-9H,10-11H2,1H3;3-10H,2H2,1H3. The maximum atomic E-state index is 5.63. The van der Waals surface area contributed by atoms with E-state index in [0.29, 0.717) is 19.8 Å². The van der Waals surface area contributed by atoms with Gasteiger partial charge in [0, 0.05) is 63.2 Å². The molecule has 55 heavy (non-hydrogen) atoms. The summed E-state index contributed by atoms with van der Waals surface area (Å²) in [5.74, 6) is 0. The van der Waals surface area contributed by atoms with Crippen LogP contribution >= 0.6 is 35.3 Å². The molecule has 0 aromatic heterocycles. The first kappa shape index (κ1) is 38.9. The van der Waals surface area contributed by atoms with Crippen LogP contribution in [0.15, 0.2) is 175 Å². The Hall–Kier alpha value is -4.35. The van der Waals surface area contributed by atoms with Crippen LogP contribution in [-0.4, -0.2) is 60.3 Å². The highest BCUT2D eigenvalue weighted by Crippen LogP contribution is 2.49. The minimum Gasteiger partial charge on any atom is -0.383 e. The Balaban J connectivity index is 0.000000128. The summed E-state index contributed by atoms with van der Waals surface area (Å²) in [6.07, 6.45) is 0. The number of fused-ring (bicyclic) bond motifs is 6. The summed E-state index contributed by atoms with van der Waals surface area (Å²) < 4.78 is 15.9. The molecule has 0 bridgehead atoms. The third-order valence-corrected chi connectivity index (χ3v) is 12.7. The average molecular weight is 786 g/mol. The molecule has 0 saturated heterocycles. The molecule has 282 valence electrons. The summed E-state index contributed by atoms with van der Waals surface area (Å²) in [5.41, 5.74) is 7.73. The van der Waals surface area contributed by atoms with Crippen molar-refractivity contribution >= 4 is 69.4 Å². The van der Waals surface area contributed by atoms with Crippen molar-refractivity contribution in [2.45, 2.75) is 36.3 Å². The van der Waals surface area contributed by atoms with E-state index in [1.165, 1.54) is 63.5 Å². The van der Waals surface area contributed by atoms with Crippen molar-refractivity contribution in [3.63, 3.8) is 0 Å². The monoisotopic (exact) mass is 785 g/mol. The Morgan fingerprint density at radius 1 is 0.364 bits per heavy atom. The van der Waals surface area contributed by atoms with Crippen molar-refractivity contribution < 1.29 is 14.2 Å². The molecule has 0 amide bonds. The van der Waals surface area contributed by atoms with E-state index in [1.54, 1.807) is 14.2 Å². The van der Waals surface area contributed by atoms with Gasteiger partial charge in [0.2, 0.25) is 0 Å². The second kappa shape index (κ2) is 19.5. The van der Waals surface area contributed by atoms with E-state index in [4.69, 9.17) is 14.2 Å². The molecule has 6 aromatic rings. The molecular weight excluding hydrogens is 739 g/mol. The lowest BCUT2D eigenvalue weighted by atomic mass is 10.2. The van der Waals surface area contributed by atoms with Crippen LogP contribution in [0.5, 0.6) is 0 Å². The number of hydrogen-bond donors (Lipinski definition) is 0. The number of nitrogens with zero attached hydrogens (tertiary/aromatic N) is 3. The van der Waals surface area contributed by atoms with Crippen molar-refractivity contribution in [1.29, 1.82) is 0 Å². The zero-order valence-corrected chi connectivity index (χ0v) is 34.0. The van der Waals surface area contributed by atoms with Crippen LogP contribution in [-0.2, 0) is 14.2 Å². The second-order valence-electron chi connectivity index (χ2n) is 12.8.